The summed E-state index contributed by atoms with van der Waals surface area (Å²) in [7, 11) is 0. The molecule has 2 heteroatoms. The van der Waals surface area contributed by atoms with Crippen LogP contribution in [-0.4, -0.2) is 21.9 Å². The van der Waals surface area contributed by atoms with Gasteiger partial charge in [0.15, 0.2) is 0 Å². The molecule has 0 aliphatic heterocycles. The second-order valence-corrected chi connectivity index (χ2v) is 5.67. The third kappa shape index (κ3) is 2.26. The predicted octanol–water partition coefficient (Wildman–Crippen LogP) is 2.25. The molecule has 2 aliphatic rings. The van der Waals surface area contributed by atoms with Crippen LogP contribution >= 0.6 is 0 Å². The van der Waals surface area contributed by atoms with Crippen molar-refractivity contribution >= 4 is 0 Å². The number of hydrogen-bond acceptors (Lipinski definition) is 2. The standard InChI is InChI=1S/C13H22O2/c1-13(2,15)11-7-9-5-3-4-6-10(9)8-12(11)14/h8-9,11-12,14-15H,3-7H2,1-2H3/t9-,11+,12-/m1/s1. The zero-order chi connectivity index (χ0) is 11.1. The molecular formula is C13H22O2. The first-order chi connectivity index (χ1) is 6.98. The second kappa shape index (κ2) is 3.91. The fourth-order valence-corrected chi connectivity index (χ4v) is 3.09. The Morgan fingerprint density at radius 2 is 2.07 bits per heavy atom. The highest BCUT2D eigenvalue weighted by atomic mass is 16.3. The summed E-state index contributed by atoms with van der Waals surface area (Å²) in [6, 6.07) is 0. The van der Waals surface area contributed by atoms with Gasteiger partial charge in [-0.1, -0.05) is 18.1 Å². The Kier molecular flexibility index (Phi) is 2.91. The molecule has 0 amide bonds. The molecule has 0 unspecified atom stereocenters. The van der Waals surface area contributed by atoms with Gasteiger partial charge in [0.05, 0.1) is 11.7 Å². The van der Waals surface area contributed by atoms with Gasteiger partial charge in [0, 0.05) is 5.92 Å². The maximum atomic E-state index is 10.0. The Bertz CT molecular complexity index is 262. The fraction of sp³-hybridized carbons (Fsp3) is 0.846. The molecule has 3 atom stereocenters. The largest absolute Gasteiger partial charge is 0.390 e. The highest BCUT2D eigenvalue weighted by Crippen LogP contribution is 2.42. The minimum Gasteiger partial charge on any atom is -0.390 e. The van der Waals surface area contributed by atoms with Crippen LogP contribution in [0.25, 0.3) is 0 Å². The van der Waals surface area contributed by atoms with Gasteiger partial charge < -0.3 is 10.2 Å². The van der Waals surface area contributed by atoms with Gasteiger partial charge in [-0.05, 0) is 45.4 Å². The van der Waals surface area contributed by atoms with E-state index < -0.39 is 11.7 Å². The van der Waals surface area contributed by atoms with E-state index in [-0.39, 0.29) is 5.92 Å². The molecule has 2 N–H and O–H groups in total. The van der Waals surface area contributed by atoms with Crippen LogP contribution in [-0.2, 0) is 0 Å². The van der Waals surface area contributed by atoms with E-state index >= 15 is 0 Å². The van der Waals surface area contributed by atoms with Gasteiger partial charge in [0.1, 0.15) is 0 Å². The minimum absolute atomic E-state index is 0.00403. The van der Waals surface area contributed by atoms with Crippen LogP contribution in [0.1, 0.15) is 46.0 Å². The van der Waals surface area contributed by atoms with Crippen LogP contribution in [0.4, 0.5) is 0 Å². The lowest BCUT2D eigenvalue weighted by molar-refractivity contribution is -0.0461. The van der Waals surface area contributed by atoms with Crippen LogP contribution < -0.4 is 0 Å². The zero-order valence-electron chi connectivity index (χ0n) is 9.74. The molecule has 2 rings (SSSR count). The molecule has 86 valence electrons. The first kappa shape index (κ1) is 11.2. The zero-order valence-corrected chi connectivity index (χ0v) is 9.74. The summed E-state index contributed by atoms with van der Waals surface area (Å²) in [4.78, 5) is 0. The normalized spacial score (nSPS) is 37.1. The molecule has 1 saturated carbocycles. The first-order valence-electron chi connectivity index (χ1n) is 6.09. The van der Waals surface area contributed by atoms with Crippen molar-refractivity contribution < 1.29 is 10.2 Å². The number of fused-ring (bicyclic) bond motifs is 1. The number of rotatable bonds is 1. The van der Waals surface area contributed by atoms with Crippen LogP contribution in [0.3, 0.4) is 0 Å². The van der Waals surface area contributed by atoms with Crippen molar-refractivity contribution in [2.24, 2.45) is 11.8 Å². The summed E-state index contributed by atoms with van der Waals surface area (Å²) in [5.41, 5.74) is 0.674. The van der Waals surface area contributed by atoms with Gasteiger partial charge in [-0.25, -0.2) is 0 Å². The van der Waals surface area contributed by atoms with E-state index in [4.69, 9.17) is 0 Å². The fourth-order valence-electron chi connectivity index (χ4n) is 3.09. The number of allylic oxidation sites excluding steroid dienone is 1. The second-order valence-electron chi connectivity index (χ2n) is 5.67. The molecular weight excluding hydrogens is 188 g/mol. The molecule has 0 aromatic carbocycles. The van der Waals surface area contributed by atoms with Gasteiger partial charge in [-0.3, -0.25) is 0 Å². The van der Waals surface area contributed by atoms with Gasteiger partial charge in [-0.2, -0.15) is 0 Å². The van der Waals surface area contributed by atoms with E-state index in [1.54, 1.807) is 0 Å². The van der Waals surface area contributed by atoms with Gasteiger partial charge in [0.25, 0.3) is 0 Å². The van der Waals surface area contributed by atoms with Crippen molar-refractivity contribution in [1.82, 2.24) is 0 Å². The summed E-state index contributed by atoms with van der Waals surface area (Å²) < 4.78 is 0. The Morgan fingerprint density at radius 3 is 2.73 bits per heavy atom. The molecule has 0 radical (unpaired) electrons. The minimum atomic E-state index is -0.765. The van der Waals surface area contributed by atoms with Crippen molar-refractivity contribution in [1.29, 1.82) is 0 Å². The Hall–Kier alpha value is -0.340. The lowest BCUT2D eigenvalue weighted by atomic mass is 9.68. The first-order valence-corrected chi connectivity index (χ1v) is 6.09. The Labute approximate surface area is 92.0 Å². The lowest BCUT2D eigenvalue weighted by Crippen LogP contribution is -2.42. The van der Waals surface area contributed by atoms with Crippen LogP contribution in [0, 0.1) is 11.8 Å². The molecule has 0 saturated heterocycles. The third-order valence-corrected chi connectivity index (χ3v) is 4.04. The number of aliphatic hydroxyl groups excluding tert-OH is 1. The summed E-state index contributed by atoms with van der Waals surface area (Å²) in [5.74, 6) is 0.628. The summed E-state index contributed by atoms with van der Waals surface area (Å²) in [6.07, 6.45) is 7.48. The van der Waals surface area contributed by atoms with Gasteiger partial charge in [0.2, 0.25) is 0 Å². The quantitative estimate of drug-likeness (QED) is 0.652. The van der Waals surface area contributed by atoms with E-state index in [2.05, 4.69) is 0 Å². The molecule has 2 aliphatic carbocycles. The maximum Gasteiger partial charge on any atom is 0.0779 e. The van der Waals surface area contributed by atoms with E-state index in [0.717, 1.165) is 12.8 Å². The molecule has 0 heterocycles. The summed E-state index contributed by atoms with van der Waals surface area (Å²) in [6.45, 7) is 3.62. The van der Waals surface area contributed by atoms with E-state index in [0.29, 0.717) is 5.92 Å². The molecule has 0 aromatic heterocycles. The third-order valence-electron chi connectivity index (χ3n) is 4.04. The van der Waals surface area contributed by atoms with E-state index in [1.807, 2.05) is 19.9 Å². The molecule has 15 heavy (non-hydrogen) atoms. The molecule has 1 fully saturated rings. The van der Waals surface area contributed by atoms with Gasteiger partial charge in [-0.15, -0.1) is 0 Å². The molecule has 0 spiro atoms. The Morgan fingerprint density at radius 1 is 1.33 bits per heavy atom. The maximum absolute atomic E-state index is 10.0. The average molecular weight is 210 g/mol. The summed E-state index contributed by atoms with van der Waals surface area (Å²) >= 11 is 0. The SMILES string of the molecule is CC(C)(O)[C@H]1C[C@H]2CCCCC2=C[C@H]1O. The van der Waals surface area contributed by atoms with Crippen LogP contribution in [0.5, 0.6) is 0 Å². The van der Waals surface area contributed by atoms with Crippen LogP contribution in [0.15, 0.2) is 11.6 Å². The lowest BCUT2D eigenvalue weighted by Gasteiger charge is -2.41. The van der Waals surface area contributed by atoms with E-state index in [9.17, 15) is 10.2 Å². The van der Waals surface area contributed by atoms with Crippen molar-refractivity contribution in [2.75, 3.05) is 0 Å². The number of aliphatic hydroxyl groups is 2. The smallest absolute Gasteiger partial charge is 0.0779 e. The van der Waals surface area contributed by atoms with Crippen molar-refractivity contribution in [3.8, 4) is 0 Å². The molecule has 0 bridgehead atoms. The monoisotopic (exact) mass is 210 g/mol. The predicted molar refractivity (Wildman–Crippen MR) is 60.5 cm³/mol. The topological polar surface area (TPSA) is 40.5 Å². The molecule has 0 aromatic rings. The van der Waals surface area contributed by atoms with Crippen molar-refractivity contribution in [2.45, 2.75) is 57.7 Å². The Balaban J connectivity index is 2.17. The average Bonchev–Trinajstić information content (AvgIpc) is 2.15. The van der Waals surface area contributed by atoms with Crippen molar-refractivity contribution in [3.63, 3.8) is 0 Å². The van der Waals surface area contributed by atoms with Gasteiger partial charge >= 0.3 is 0 Å². The highest BCUT2D eigenvalue weighted by molar-refractivity contribution is 5.17. The van der Waals surface area contributed by atoms with Crippen molar-refractivity contribution in [3.05, 3.63) is 11.6 Å². The highest BCUT2D eigenvalue weighted by Gasteiger charge is 2.38. The van der Waals surface area contributed by atoms with E-state index in [1.165, 1.54) is 24.8 Å². The summed E-state index contributed by atoms with van der Waals surface area (Å²) in [5, 5.41) is 20.0. The molecule has 2 nitrogen and oxygen atoms in total. The van der Waals surface area contributed by atoms with Crippen LogP contribution in [0.2, 0.25) is 0 Å². The number of hydrogen-bond donors (Lipinski definition) is 2.